The number of rotatable bonds is 5. The van der Waals surface area contributed by atoms with E-state index in [0.717, 1.165) is 42.5 Å². The summed E-state index contributed by atoms with van der Waals surface area (Å²) in [7, 11) is 2.01. The quantitative estimate of drug-likeness (QED) is 0.403. The van der Waals surface area contributed by atoms with Crippen molar-refractivity contribution in [2.24, 2.45) is 23.9 Å². The highest BCUT2D eigenvalue weighted by Gasteiger charge is 2.27. The third kappa shape index (κ3) is 5.57. The van der Waals surface area contributed by atoms with E-state index in [1.807, 2.05) is 18.5 Å². The molecule has 2 heterocycles. The molecule has 0 aromatic carbocycles. The van der Waals surface area contributed by atoms with Crippen LogP contribution in [-0.4, -0.2) is 44.8 Å². The number of guanidine groups is 1. The lowest BCUT2D eigenvalue weighted by molar-refractivity contribution is 0.399. The zero-order valence-electron chi connectivity index (χ0n) is 16.7. The van der Waals surface area contributed by atoms with Crippen LogP contribution < -0.4 is 5.32 Å². The molecule has 0 bridgehead atoms. The van der Waals surface area contributed by atoms with E-state index in [0.29, 0.717) is 12.6 Å². The Labute approximate surface area is 175 Å². The Morgan fingerprint density at radius 1 is 1.23 bits per heavy atom. The molecule has 1 saturated heterocycles. The molecule has 6 nitrogen and oxygen atoms in total. The molecule has 1 aliphatic heterocycles. The molecule has 2 aliphatic rings. The predicted octanol–water partition coefficient (Wildman–Crippen LogP) is 3.50. The Hall–Kier alpha value is -0.860. The first-order valence-corrected chi connectivity index (χ1v) is 9.93. The zero-order valence-corrected chi connectivity index (χ0v) is 19.1. The Bertz CT molecular complexity index is 591. The molecule has 1 atom stereocenters. The van der Waals surface area contributed by atoms with E-state index in [1.165, 1.54) is 38.5 Å². The minimum absolute atomic E-state index is 0. The topological polar surface area (TPSA) is 58.3 Å². The molecule has 7 heteroatoms. The molecule has 1 N–H and O–H groups in total. The molecule has 1 aromatic heterocycles. The van der Waals surface area contributed by atoms with Crippen LogP contribution in [0.1, 0.15) is 64.0 Å². The number of aliphatic imine (C=N–C) groups is 1. The van der Waals surface area contributed by atoms with Crippen LogP contribution in [0, 0.1) is 18.8 Å². The lowest BCUT2D eigenvalue weighted by Gasteiger charge is -2.25. The van der Waals surface area contributed by atoms with Gasteiger partial charge in [-0.3, -0.25) is 0 Å². The van der Waals surface area contributed by atoms with Gasteiger partial charge in [0.2, 0.25) is 0 Å². The maximum atomic E-state index is 4.94. The average Bonchev–Trinajstić information content (AvgIpc) is 3.29. The van der Waals surface area contributed by atoms with E-state index in [-0.39, 0.29) is 24.0 Å². The van der Waals surface area contributed by atoms with Gasteiger partial charge < -0.3 is 14.8 Å². The van der Waals surface area contributed by atoms with Crippen LogP contribution >= 0.6 is 24.0 Å². The van der Waals surface area contributed by atoms with Crippen LogP contribution in [0.2, 0.25) is 0 Å². The Kier molecular flexibility index (Phi) is 8.16. The summed E-state index contributed by atoms with van der Waals surface area (Å²) in [6.07, 6.45) is 7.81. The molecule has 2 fully saturated rings. The first kappa shape index (κ1) is 21.4. The number of likely N-dealkylation sites (tertiary alicyclic amines) is 1. The van der Waals surface area contributed by atoms with E-state index in [1.54, 1.807) is 0 Å². The van der Waals surface area contributed by atoms with Gasteiger partial charge in [-0.25, -0.2) is 4.99 Å². The second-order valence-corrected chi connectivity index (χ2v) is 8.22. The summed E-state index contributed by atoms with van der Waals surface area (Å²) in [5, 5.41) is 12.2. The highest BCUT2D eigenvalue weighted by molar-refractivity contribution is 14.0. The Morgan fingerprint density at radius 2 is 1.96 bits per heavy atom. The maximum Gasteiger partial charge on any atom is 0.194 e. The average molecular weight is 474 g/mol. The first-order valence-electron chi connectivity index (χ1n) is 9.93. The fourth-order valence-corrected chi connectivity index (χ4v) is 4.11. The molecule has 1 aromatic rings. The lowest BCUT2D eigenvalue weighted by atomic mass is 9.97. The van der Waals surface area contributed by atoms with Gasteiger partial charge in [0.1, 0.15) is 12.4 Å². The Balaban J connectivity index is 0.00000243. The SMILES string of the molecule is Cc1nnc(CN=C(NC2CCCC2)N2CCC(CC(C)C)C2)n1C.I. The number of aryl methyl sites for hydroxylation is 1. The van der Waals surface area contributed by atoms with Gasteiger partial charge >= 0.3 is 0 Å². The van der Waals surface area contributed by atoms with E-state index in [2.05, 4.69) is 34.3 Å². The molecule has 1 aliphatic carbocycles. The van der Waals surface area contributed by atoms with Crippen LogP contribution in [0.4, 0.5) is 0 Å². The molecular weight excluding hydrogens is 439 g/mol. The number of hydrogen-bond acceptors (Lipinski definition) is 3. The maximum absolute atomic E-state index is 4.94. The number of nitrogens with zero attached hydrogens (tertiary/aromatic N) is 5. The predicted molar refractivity (Wildman–Crippen MR) is 117 cm³/mol. The third-order valence-electron chi connectivity index (χ3n) is 5.63. The zero-order chi connectivity index (χ0) is 17.8. The van der Waals surface area contributed by atoms with Gasteiger partial charge in [0, 0.05) is 26.2 Å². The molecule has 3 rings (SSSR count). The molecular formula is C19H35IN6. The first-order chi connectivity index (χ1) is 12.0. The van der Waals surface area contributed by atoms with Gasteiger partial charge in [-0.15, -0.1) is 34.2 Å². The highest BCUT2D eigenvalue weighted by Crippen LogP contribution is 2.24. The Morgan fingerprint density at radius 3 is 2.58 bits per heavy atom. The number of nitrogens with one attached hydrogen (secondary N) is 1. The van der Waals surface area contributed by atoms with Gasteiger partial charge in [0.15, 0.2) is 11.8 Å². The van der Waals surface area contributed by atoms with Crippen molar-refractivity contribution in [3.05, 3.63) is 11.6 Å². The van der Waals surface area contributed by atoms with Crippen molar-refractivity contribution in [2.75, 3.05) is 13.1 Å². The van der Waals surface area contributed by atoms with Crippen molar-refractivity contribution < 1.29 is 0 Å². The number of halogens is 1. The second kappa shape index (κ2) is 9.90. The molecule has 26 heavy (non-hydrogen) atoms. The van der Waals surface area contributed by atoms with Crippen molar-refractivity contribution in [1.82, 2.24) is 25.0 Å². The number of aromatic nitrogens is 3. The van der Waals surface area contributed by atoms with Crippen LogP contribution in [0.5, 0.6) is 0 Å². The summed E-state index contributed by atoms with van der Waals surface area (Å²) in [5.41, 5.74) is 0. The normalized spacial score (nSPS) is 21.5. The van der Waals surface area contributed by atoms with Crippen molar-refractivity contribution in [1.29, 1.82) is 0 Å². The fourth-order valence-electron chi connectivity index (χ4n) is 4.11. The minimum atomic E-state index is 0. The summed E-state index contributed by atoms with van der Waals surface area (Å²) in [6.45, 7) is 9.48. The molecule has 0 amide bonds. The van der Waals surface area contributed by atoms with E-state index in [4.69, 9.17) is 4.99 Å². The van der Waals surface area contributed by atoms with Gasteiger partial charge in [-0.2, -0.15) is 0 Å². The summed E-state index contributed by atoms with van der Waals surface area (Å²) < 4.78 is 2.03. The van der Waals surface area contributed by atoms with Gasteiger partial charge in [-0.05, 0) is 44.4 Å². The summed E-state index contributed by atoms with van der Waals surface area (Å²) >= 11 is 0. The van der Waals surface area contributed by atoms with Crippen LogP contribution in [-0.2, 0) is 13.6 Å². The van der Waals surface area contributed by atoms with Crippen LogP contribution in [0.15, 0.2) is 4.99 Å². The molecule has 1 saturated carbocycles. The van der Waals surface area contributed by atoms with Gasteiger partial charge in [0.05, 0.1) is 0 Å². The summed E-state index contributed by atoms with van der Waals surface area (Å²) in [5.74, 6) is 4.52. The lowest BCUT2D eigenvalue weighted by Crippen LogP contribution is -2.44. The highest BCUT2D eigenvalue weighted by atomic mass is 127. The molecule has 0 radical (unpaired) electrons. The minimum Gasteiger partial charge on any atom is -0.353 e. The van der Waals surface area contributed by atoms with Crippen molar-refractivity contribution in [3.63, 3.8) is 0 Å². The molecule has 1 unspecified atom stereocenters. The summed E-state index contributed by atoms with van der Waals surface area (Å²) in [4.78, 5) is 7.40. The molecule has 148 valence electrons. The summed E-state index contributed by atoms with van der Waals surface area (Å²) in [6, 6.07) is 0.587. The largest absolute Gasteiger partial charge is 0.353 e. The third-order valence-corrected chi connectivity index (χ3v) is 5.63. The molecule has 0 spiro atoms. The van der Waals surface area contributed by atoms with Crippen LogP contribution in [0.25, 0.3) is 0 Å². The van der Waals surface area contributed by atoms with E-state index >= 15 is 0 Å². The number of hydrogen-bond donors (Lipinski definition) is 1. The monoisotopic (exact) mass is 474 g/mol. The van der Waals surface area contributed by atoms with Crippen molar-refractivity contribution in [2.45, 2.75) is 71.9 Å². The van der Waals surface area contributed by atoms with E-state index < -0.39 is 0 Å². The van der Waals surface area contributed by atoms with Crippen LogP contribution in [0.3, 0.4) is 0 Å². The standard InChI is InChI=1S/C19H34N6.HI/c1-14(2)11-16-9-10-25(13-16)19(21-17-7-5-6-8-17)20-12-18-23-22-15(3)24(18)4;/h14,16-17H,5-13H2,1-4H3,(H,20,21);1H. The van der Waals surface area contributed by atoms with E-state index in [9.17, 15) is 0 Å². The van der Waals surface area contributed by atoms with Crippen molar-refractivity contribution >= 4 is 29.9 Å². The second-order valence-electron chi connectivity index (χ2n) is 8.22. The van der Waals surface area contributed by atoms with Crippen molar-refractivity contribution in [3.8, 4) is 0 Å². The van der Waals surface area contributed by atoms with Gasteiger partial charge in [0.25, 0.3) is 0 Å². The van der Waals surface area contributed by atoms with Gasteiger partial charge in [-0.1, -0.05) is 26.7 Å². The fraction of sp³-hybridized carbons (Fsp3) is 0.842. The smallest absolute Gasteiger partial charge is 0.194 e.